The number of benzene rings is 2. The predicted octanol–water partition coefficient (Wildman–Crippen LogP) is 1.48. The van der Waals surface area contributed by atoms with Crippen LogP contribution in [0.5, 0.6) is 11.5 Å². The highest BCUT2D eigenvalue weighted by Crippen LogP contribution is 2.41. The van der Waals surface area contributed by atoms with E-state index in [2.05, 4.69) is 0 Å². The van der Waals surface area contributed by atoms with E-state index in [1.807, 2.05) is 62.4 Å². The van der Waals surface area contributed by atoms with Crippen molar-refractivity contribution in [3.05, 3.63) is 59.7 Å². The monoisotopic (exact) mass is 376 g/mol. The van der Waals surface area contributed by atoms with Gasteiger partial charge in [0.2, 0.25) is 0 Å². The molecule has 2 atom stereocenters. The van der Waals surface area contributed by atoms with Crippen LogP contribution in [0, 0.1) is 0 Å². The lowest BCUT2D eigenvalue weighted by atomic mass is 9.77. The summed E-state index contributed by atoms with van der Waals surface area (Å²) in [7, 11) is 0. The van der Waals surface area contributed by atoms with Gasteiger partial charge in [0.05, 0.1) is 13.2 Å². The number of aliphatic hydroxyl groups is 4. The Labute approximate surface area is 159 Å². The minimum Gasteiger partial charge on any atom is -0.490 e. The van der Waals surface area contributed by atoms with Crippen LogP contribution in [0.15, 0.2) is 48.5 Å². The molecule has 2 rings (SSSR count). The Balaban J connectivity index is 2.33. The summed E-state index contributed by atoms with van der Waals surface area (Å²) in [5.41, 5.74) is 1.30. The van der Waals surface area contributed by atoms with Crippen LogP contribution in [0.2, 0.25) is 0 Å². The van der Waals surface area contributed by atoms with Gasteiger partial charge in [-0.2, -0.15) is 0 Å². The third-order valence-electron chi connectivity index (χ3n) is 4.40. The molecule has 27 heavy (non-hydrogen) atoms. The zero-order chi connectivity index (χ0) is 19.9. The zero-order valence-corrected chi connectivity index (χ0v) is 15.7. The number of hydrogen-bond acceptors (Lipinski definition) is 6. The lowest BCUT2D eigenvalue weighted by Crippen LogP contribution is -2.26. The Morgan fingerprint density at radius 2 is 1.11 bits per heavy atom. The molecule has 2 aromatic carbocycles. The summed E-state index contributed by atoms with van der Waals surface area (Å²) in [5, 5.41) is 37.2. The first-order valence-electron chi connectivity index (χ1n) is 8.92. The van der Waals surface area contributed by atoms with Crippen molar-refractivity contribution in [2.24, 2.45) is 0 Å². The number of hydrogen-bond donors (Lipinski definition) is 4. The van der Waals surface area contributed by atoms with Gasteiger partial charge in [0.25, 0.3) is 0 Å². The Bertz CT molecular complexity index is 656. The van der Waals surface area contributed by atoms with Gasteiger partial charge in [-0.15, -0.1) is 0 Å². The standard InChI is InChI=1S/C21H28O6/c1-21(2,17-7-3-5-9-19(17)26-13-15(24)11-22)18-8-4-6-10-20(18)27-14-16(25)12-23/h3-10,15-16,22-25H,11-14H2,1-2H3. The number of aliphatic hydroxyl groups excluding tert-OH is 4. The summed E-state index contributed by atoms with van der Waals surface area (Å²) in [5.74, 6) is 1.22. The number of ether oxygens (including phenoxy) is 2. The first kappa shape index (κ1) is 21.2. The molecule has 0 fully saturated rings. The van der Waals surface area contributed by atoms with E-state index in [1.165, 1.54) is 0 Å². The van der Waals surface area contributed by atoms with Gasteiger partial charge < -0.3 is 29.9 Å². The molecule has 0 heterocycles. The SMILES string of the molecule is CC(C)(c1ccccc1OCC(O)CO)c1ccccc1OCC(O)CO. The second-order valence-electron chi connectivity index (χ2n) is 6.91. The molecule has 4 N–H and O–H groups in total. The lowest BCUT2D eigenvalue weighted by molar-refractivity contribution is 0.0524. The fourth-order valence-corrected chi connectivity index (χ4v) is 2.84. The number of para-hydroxylation sites is 2. The molecule has 0 aliphatic carbocycles. The van der Waals surface area contributed by atoms with Crippen LogP contribution < -0.4 is 9.47 Å². The Morgan fingerprint density at radius 3 is 1.48 bits per heavy atom. The second-order valence-corrected chi connectivity index (χ2v) is 6.91. The van der Waals surface area contributed by atoms with E-state index >= 15 is 0 Å². The van der Waals surface area contributed by atoms with E-state index in [-0.39, 0.29) is 26.4 Å². The minimum absolute atomic E-state index is 0.00949. The molecule has 6 heteroatoms. The third-order valence-corrected chi connectivity index (χ3v) is 4.40. The largest absolute Gasteiger partial charge is 0.490 e. The Morgan fingerprint density at radius 1 is 0.741 bits per heavy atom. The van der Waals surface area contributed by atoms with Crippen molar-refractivity contribution in [2.45, 2.75) is 31.5 Å². The molecule has 148 valence electrons. The first-order valence-corrected chi connectivity index (χ1v) is 8.92. The fourth-order valence-electron chi connectivity index (χ4n) is 2.84. The highest BCUT2D eigenvalue weighted by Gasteiger charge is 2.30. The van der Waals surface area contributed by atoms with Crippen molar-refractivity contribution < 1.29 is 29.9 Å². The summed E-state index contributed by atoms with van der Waals surface area (Å²) >= 11 is 0. The van der Waals surface area contributed by atoms with Crippen LogP contribution in [0.25, 0.3) is 0 Å². The van der Waals surface area contributed by atoms with Crippen molar-refractivity contribution in [3.8, 4) is 11.5 Å². The van der Waals surface area contributed by atoms with Crippen LogP contribution in [-0.2, 0) is 5.41 Å². The average Bonchev–Trinajstić information content (AvgIpc) is 2.70. The van der Waals surface area contributed by atoms with Crippen molar-refractivity contribution in [2.75, 3.05) is 26.4 Å². The van der Waals surface area contributed by atoms with E-state index < -0.39 is 17.6 Å². The molecule has 0 amide bonds. The van der Waals surface area contributed by atoms with Crippen molar-refractivity contribution in [1.82, 2.24) is 0 Å². The maximum Gasteiger partial charge on any atom is 0.123 e. The Kier molecular flexibility index (Phi) is 7.62. The predicted molar refractivity (Wildman–Crippen MR) is 102 cm³/mol. The van der Waals surface area contributed by atoms with Gasteiger partial charge in [0, 0.05) is 16.5 Å². The highest BCUT2D eigenvalue weighted by molar-refractivity contribution is 5.50. The summed E-state index contributed by atoms with van der Waals surface area (Å²) in [6, 6.07) is 15.0. The molecule has 0 spiro atoms. The fraction of sp³-hybridized carbons (Fsp3) is 0.429. The molecular weight excluding hydrogens is 348 g/mol. The molecule has 0 saturated heterocycles. The minimum atomic E-state index is -0.947. The van der Waals surface area contributed by atoms with Gasteiger partial charge >= 0.3 is 0 Å². The molecule has 0 saturated carbocycles. The van der Waals surface area contributed by atoms with Crippen LogP contribution in [0.1, 0.15) is 25.0 Å². The lowest BCUT2D eigenvalue weighted by Gasteiger charge is -2.30. The maximum atomic E-state index is 9.58. The molecular formula is C21H28O6. The van der Waals surface area contributed by atoms with E-state index in [9.17, 15) is 10.2 Å². The van der Waals surface area contributed by atoms with Crippen molar-refractivity contribution >= 4 is 0 Å². The van der Waals surface area contributed by atoms with Gasteiger partial charge in [0.15, 0.2) is 0 Å². The van der Waals surface area contributed by atoms with E-state index in [1.54, 1.807) is 0 Å². The van der Waals surface area contributed by atoms with Gasteiger partial charge in [-0.3, -0.25) is 0 Å². The van der Waals surface area contributed by atoms with Gasteiger partial charge in [-0.25, -0.2) is 0 Å². The van der Waals surface area contributed by atoms with Gasteiger partial charge in [-0.05, 0) is 12.1 Å². The van der Waals surface area contributed by atoms with Crippen LogP contribution in [-0.4, -0.2) is 59.1 Å². The molecule has 2 unspecified atom stereocenters. The molecule has 0 bridgehead atoms. The maximum absolute atomic E-state index is 9.58. The van der Waals surface area contributed by atoms with Crippen LogP contribution in [0.4, 0.5) is 0 Å². The molecule has 6 nitrogen and oxygen atoms in total. The zero-order valence-electron chi connectivity index (χ0n) is 15.7. The smallest absolute Gasteiger partial charge is 0.123 e. The molecule has 0 aromatic heterocycles. The Hall–Kier alpha value is -2.12. The summed E-state index contributed by atoms with van der Waals surface area (Å²) in [6.07, 6.45) is -1.89. The molecule has 2 aromatic rings. The van der Waals surface area contributed by atoms with Gasteiger partial charge in [-0.1, -0.05) is 50.2 Å². The van der Waals surface area contributed by atoms with E-state index in [0.717, 1.165) is 11.1 Å². The topological polar surface area (TPSA) is 99.4 Å². The van der Waals surface area contributed by atoms with Crippen LogP contribution >= 0.6 is 0 Å². The number of rotatable bonds is 10. The first-order chi connectivity index (χ1) is 12.9. The van der Waals surface area contributed by atoms with E-state index in [0.29, 0.717) is 11.5 Å². The summed E-state index contributed by atoms with van der Waals surface area (Å²) < 4.78 is 11.5. The summed E-state index contributed by atoms with van der Waals surface area (Å²) in [6.45, 7) is 3.31. The third kappa shape index (κ3) is 5.43. The van der Waals surface area contributed by atoms with Crippen molar-refractivity contribution in [3.63, 3.8) is 0 Å². The quantitative estimate of drug-likeness (QED) is 0.501. The van der Waals surface area contributed by atoms with Gasteiger partial charge in [0.1, 0.15) is 36.9 Å². The molecule has 0 aliphatic rings. The van der Waals surface area contributed by atoms with Crippen LogP contribution in [0.3, 0.4) is 0 Å². The molecule has 0 radical (unpaired) electrons. The van der Waals surface area contributed by atoms with Crippen molar-refractivity contribution in [1.29, 1.82) is 0 Å². The normalized spacial score (nSPS) is 13.9. The highest BCUT2D eigenvalue weighted by atomic mass is 16.5. The summed E-state index contributed by atoms with van der Waals surface area (Å²) in [4.78, 5) is 0. The van der Waals surface area contributed by atoms with E-state index in [4.69, 9.17) is 19.7 Å². The average molecular weight is 376 g/mol. The second kappa shape index (κ2) is 9.71. The molecule has 0 aliphatic heterocycles.